The maximum absolute atomic E-state index is 13.0. The van der Waals surface area contributed by atoms with Crippen LogP contribution in [0.15, 0.2) is 39.9 Å². The number of aliphatic imine (C=N–C) groups is 1. The Kier molecular flexibility index (Phi) is 10.2. The van der Waals surface area contributed by atoms with E-state index >= 15 is 0 Å². The molecule has 0 saturated carbocycles. The van der Waals surface area contributed by atoms with Crippen molar-refractivity contribution in [3.05, 3.63) is 42.0 Å². The van der Waals surface area contributed by atoms with E-state index in [-0.39, 0.29) is 29.8 Å². The summed E-state index contributed by atoms with van der Waals surface area (Å²) in [5.41, 5.74) is 1.62. The van der Waals surface area contributed by atoms with E-state index in [1.54, 1.807) is 18.4 Å². The van der Waals surface area contributed by atoms with E-state index in [2.05, 4.69) is 34.5 Å². The van der Waals surface area contributed by atoms with E-state index in [1.807, 2.05) is 6.92 Å². The number of oxazole rings is 1. The van der Waals surface area contributed by atoms with Crippen LogP contribution in [0.25, 0.3) is 11.5 Å². The zero-order chi connectivity index (χ0) is 18.1. The molecule has 0 bridgehead atoms. The highest BCUT2D eigenvalue weighted by Crippen LogP contribution is 2.18. The molecule has 2 aromatic rings. The summed E-state index contributed by atoms with van der Waals surface area (Å²) >= 11 is 0. The van der Waals surface area contributed by atoms with Crippen molar-refractivity contribution >= 4 is 29.9 Å². The van der Waals surface area contributed by atoms with Crippen LogP contribution in [-0.2, 0) is 6.42 Å². The third-order valence-electron chi connectivity index (χ3n) is 3.64. The van der Waals surface area contributed by atoms with Crippen LogP contribution in [0.1, 0.15) is 32.9 Å². The molecule has 0 fully saturated rings. The highest BCUT2D eigenvalue weighted by Gasteiger charge is 2.07. The SMILES string of the molecule is CCNC(=NCCC(C)C)NCCc1coc(-c2ccc(F)cc2)n1.I. The van der Waals surface area contributed by atoms with E-state index in [4.69, 9.17) is 4.42 Å². The van der Waals surface area contributed by atoms with Crippen molar-refractivity contribution in [3.63, 3.8) is 0 Å². The van der Waals surface area contributed by atoms with Crippen LogP contribution in [0.5, 0.6) is 0 Å². The predicted octanol–water partition coefficient (Wildman–Crippen LogP) is 4.24. The quantitative estimate of drug-likeness (QED) is 0.341. The van der Waals surface area contributed by atoms with Gasteiger partial charge >= 0.3 is 0 Å². The Bertz CT molecular complexity index is 670. The second-order valence-corrected chi connectivity index (χ2v) is 6.27. The standard InChI is InChI=1S/C19H27FN4O.HI/c1-4-21-19(22-11-9-14(2)3)23-12-10-17-13-25-18(24-17)15-5-7-16(20)8-6-15;/h5-8,13-14H,4,9-12H2,1-3H3,(H2,21,22,23);1H. The first-order chi connectivity index (χ1) is 12.1. The Morgan fingerprint density at radius 1 is 1.23 bits per heavy atom. The van der Waals surface area contributed by atoms with Gasteiger partial charge in [-0.15, -0.1) is 24.0 Å². The lowest BCUT2D eigenvalue weighted by Crippen LogP contribution is -2.38. The fraction of sp³-hybridized carbons (Fsp3) is 0.474. The summed E-state index contributed by atoms with van der Waals surface area (Å²) in [7, 11) is 0. The Morgan fingerprint density at radius 3 is 2.62 bits per heavy atom. The summed E-state index contributed by atoms with van der Waals surface area (Å²) in [6, 6.07) is 6.12. The number of benzene rings is 1. The van der Waals surface area contributed by atoms with Crippen molar-refractivity contribution in [1.82, 2.24) is 15.6 Å². The van der Waals surface area contributed by atoms with Gasteiger partial charge in [0.25, 0.3) is 0 Å². The molecular weight excluding hydrogens is 446 g/mol. The van der Waals surface area contributed by atoms with Crippen LogP contribution < -0.4 is 10.6 Å². The first kappa shape index (κ1) is 22.4. The molecule has 0 unspecified atom stereocenters. The summed E-state index contributed by atoms with van der Waals surface area (Å²) in [4.78, 5) is 9.01. The number of halogens is 2. The summed E-state index contributed by atoms with van der Waals surface area (Å²) < 4.78 is 18.4. The lowest BCUT2D eigenvalue weighted by atomic mass is 10.1. The molecule has 5 nitrogen and oxygen atoms in total. The molecule has 0 amide bonds. The molecular formula is C19H28FIN4O. The van der Waals surface area contributed by atoms with Crippen LogP contribution in [0.4, 0.5) is 4.39 Å². The fourth-order valence-electron chi connectivity index (χ4n) is 2.23. The molecule has 1 heterocycles. The number of rotatable bonds is 8. The van der Waals surface area contributed by atoms with Crippen LogP contribution >= 0.6 is 24.0 Å². The summed E-state index contributed by atoms with van der Waals surface area (Å²) in [5, 5.41) is 6.55. The molecule has 26 heavy (non-hydrogen) atoms. The van der Waals surface area contributed by atoms with Gasteiger partial charge in [-0.1, -0.05) is 13.8 Å². The number of guanidine groups is 1. The van der Waals surface area contributed by atoms with E-state index < -0.39 is 0 Å². The number of aromatic nitrogens is 1. The van der Waals surface area contributed by atoms with Crippen molar-refractivity contribution in [2.45, 2.75) is 33.6 Å². The monoisotopic (exact) mass is 474 g/mol. The highest BCUT2D eigenvalue weighted by molar-refractivity contribution is 14.0. The lowest BCUT2D eigenvalue weighted by molar-refractivity contribution is 0.571. The van der Waals surface area contributed by atoms with Crippen molar-refractivity contribution in [3.8, 4) is 11.5 Å². The van der Waals surface area contributed by atoms with Crippen molar-refractivity contribution in [1.29, 1.82) is 0 Å². The zero-order valence-electron chi connectivity index (χ0n) is 15.6. The molecule has 0 spiro atoms. The molecule has 2 rings (SSSR count). The second-order valence-electron chi connectivity index (χ2n) is 6.27. The third kappa shape index (κ3) is 7.72. The highest BCUT2D eigenvalue weighted by atomic mass is 127. The van der Waals surface area contributed by atoms with Crippen LogP contribution in [0.2, 0.25) is 0 Å². The van der Waals surface area contributed by atoms with Gasteiger partial charge in [-0.2, -0.15) is 0 Å². The number of hydrogen-bond donors (Lipinski definition) is 2. The molecule has 144 valence electrons. The number of nitrogens with one attached hydrogen (secondary N) is 2. The van der Waals surface area contributed by atoms with E-state index in [0.717, 1.165) is 43.1 Å². The first-order valence-electron chi connectivity index (χ1n) is 8.81. The van der Waals surface area contributed by atoms with Gasteiger partial charge in [0.05, 0.1) is 5.69 Å². The molecule has 1 aromatic carbocycles. The Morgan fingerprint density at radius 2 is 1.96 bits per heavy atom. The number of hydrogen-bond acceptors (Lipinski definition) is 3. The molecule has 2 N–H and O–H groups in total. The van der Waals surface area contributed by atoms with Crippen LogP contribution in [0.3, 0.4) is 0 Å². The smallest absolute Gasteiger partial charge is 0.226 e. The predicted molar refractivity (Wildman–Crippen MR) is 114 cm³/mol. The molecule has 0 atom stereocenters. The minimum atomic E-state index is -0.271. The summed E-state index contributed by atoms with van der Waals surface area (Å²) in [6.07, 6.45) is 3.43. The van der Waals surface area contributed by atoms with Crippen LogP contribution in [-0.4, -0.2) is 30.6 Å². The maximum Gasteiger partial charge on any atom is 0.226 e. The largest absolute Gasteiger partial charge is 0.444 e. The topological polar surface area (TPSA) is 62.5 Å². The lowest BCUT2D eigenvalue weighted by Gasteiger charge is -2.11. The normalized spacial score (nSPS) is 11.3. The van der Waals surface area contributed by atoms with Crippen molar-refractivity contribution in [2.75, 3.05) is 19.6 Å². The molecule has 0 aliphatic heterocycles. The summed E-state index contributed by atoms with van der Waals surface area (Å²) in [6.45, 7) is 8.78. The van der Waals surface area contributed by atoms with E-state index in [1.165, 1.54) is 12.1 Å². The van der Waals surface area contributed by atoms with Gasteiger partial charge in [0.2, 0.25) is 5.89 Å². The second kappa shape index (κ2) is 11.9. The maximum atomic E-state index is 13.0. The van der Waals surface area contributed by atoms with Gasteiger partial charge in [-0.3, -0.25) is 4.99 Å². The Balaban J connectivity index is 0.00000338. The average molecular weight is 474 g/mol. The molecule has 0 saturated heterocycles. The van der Waals surface area contributed by atoms with Gasteiger partial charge in [-0.05, 0) is 43.5 Å². The van der Waals surface area contributed by atoms with Crippen molar-refractivity contribution < 1.29 is 8.81 Å². The van der Waals surface area contributed by atoms with Gasteiger partial charge < -0.3 is 15.1 Å². The van der Waals surface area contributed by atoms with Crippen LogP contribution in [0, 0.1) is 11.7 Å². The molecule has 7 heteroatoms. The molecule has 0 aliphatic rings. The summed E-state index contributed by atoms with van der Waals surface area (Å²) in [5.74, 6) is 1.71. The van der Waals surface area contributed by atoms with E-state index in [0.29, 0.717) is 18.4 Å². The minimum Gasteiger partial charge on any atom is -0.444 e. The number of nitrogens with zero attached hydrogens (tertiary/aromatic N) is 2. The Hall–Kier alpha value is -1.64. The molecule has 0 aliphatic carbocycles. The van der Waals surface area contributed by atoms with Gasteiger partial charge in [-0.25, -0.2) is 9.37 Å². The average Bonchev–Trinajstić information content (AvgIpc) is 3.04. The van der Waals surface area contributed by atoms with E-state index in [9.17, 15) is 4.39 Å². The van der Waals surface area contributed by atoms with Gasteiger partial charge in [0, 0.05) is 31.6 Å². The minimum absolute atomic E-state index is 0. The Labute approximate surface area is 171 Å². The third-order valence-corrected chi connectivity index (χ3v) is 3.64. The van der Waals surface area contributed by atoms with Crippen molar-refractivity contribution in [2.24, 2.45) is 10.9 Å². The van der Waals surface area contributed by atoms with Gasteiger partial charge in [0.15, 0.2) is 5.96 Å². The molecule has 1 aromatic heterocycles. The fourth-order valence-corrected chi connectivity index (χ4v) is 2.23. The van der Waals surface area contributed by atoms with Gasteiger partial charge in [0.1, 0.15) is 12.1 Å². The zero-order valence-corrected chi connectivity index (χ0v) is 17.9. The first-order valence-corrected chi connectivity index (χ1v) is 8.81. The molecule has 0 radical (unpaired) electrons.